The van der Waals surface area contributed by atoms with E-state index in [1.165, 1.54) is 0 Å². The van der Waals surface area contributed by atoms with Crippen LogP contribution in [0.4, 0.5) is 5.82 Å². The monoisotopic (exact) mass is 242 g/mol. The van der Waals surface area contributed by atoms with E-state index in [9.17, 15) is 0 Å². The summed E-state index contributed by atoms with van der Waals surface area (Å²) in [5, 5.41) is 0. The molecule has 0 radical (unpaired) electrons. The van der Waals surface area contributed by atoms with E-state index in [1.807, 2.05) is 25.9 Å². The van der Waals surface area contributed by atoms with Crippen molar-refractivity contribution in [3.05, 3.63) is 16.5 Å². The fourth-order valence-electron chi connectivity index (χ4n) is 0.704. The molecule has 1 aromatic rings. The van der Waals surface area contributed by atoms with Gasteiger partial charge in [-0.1, -0.05) is 0 Å². The Hall–Kier alpha value is -0.970. The van der Waals surface area contributed by atoms with Gasteiger partial charge in [0.2, 0.25) is 0 Å². The summed E-state index contributed by atoms with van der Waals surface area (Å²) in [6, 6.07) is 0. The minimum atomic E-state index is 0.654. The van der Waals surface area contributed by atoms with Crippen molar-refractivity contribution in [2.45, 2.75) is 6.92 Å². The fourth-order valence-corrected chi connectivity index (χ4v) is 0.997. The normalized spacial score (nSPS) is 10.8. The number of hydrogen-bond acceptors (Lipinski definition) is 3. The lowest BCUT2D eigenvalue weighted by Crippen LogP contribution is -2.07. The maximum atomic E-state index is 4.17. The minimum absolute atomic E-state index is 0.654. The molecule has 0 atom stereocenters. The van der Waals surface area contributed by atoms with E-state index < -0.39 is 0 Å². The molecule has 0 N–H and O–H groups in total. The van der Waals surface area contributed by atoms with E-state index in [4.69, 9.17) is 0 Å². The summed E-state index contributed by atoms with van der Waals surface area (Å²) in [7, 11) is 3.82. The van der Waals surface area contributed by atoms with E-state index in [0.29, 0.717) is 11.6 Å². The lowest BCUT2D eigenvalue weighted by molar-refractivity contribution is 0.643. The molecule has 0 bridgehead atoms. The summed E-state index contributed by atoms with van der Waals surface area (Å²) in [5.74, 6) is 1.37. The van der Waals surface area contributed by atoms with Crippen LogP contribution in [0.3, 0.4) is 0 Å². The van der Waals surface area contributed by atoms with Gasteiger partial charge < -0.3 is 4.90 Å². The maximum absolute atomic E-state index is 4.17. The Morgan fingerprint density at radius 1 is 1.54 bits per heavy atom. The summed E-state index contributed by atoms with van der Waals surface area (Å²) >= 11 is 3.32. The van der Waals surface area contributed by atoms with Crippen molar-refractivity contribution in [3.63, 3.8) is 0 Å². The number of rotatable bonds is 2. The Balaban J connectivity index is 2.93. The zero-order valence-corrected chi connectivity index (χ0v) is 9.41. The molecule has 0 fully saturated rings. The molecule has 0 aliphatic heterocycles. The number of halogens is 1. The standard InChI is InChI=1S/C8H11BrN4/c1-6-10-4-7(9)8(12-6)11-5-13(2)3/h4-5H,1-3H3. The first kappa shape index (κ1) is 10.1. The van der Waals surface area contributed by atoms with Crippen LogP contribution in [0.5, 0.6) is 0 Å². The molecule has 13 heavy (non-hydrogen) atoms. The van der Waals surface area contributed by atoms with Crippen LogP contribution in [0.25, 0.3) is 0 Å². The SMILES string of the molecule is Cc1ncc(Br)c(N=CN(C)C)n1. The fraction of sp³-hybridized carbons (Fsp3) is 0.375. The van der Waals surface area contributed by atoms with Crippen LogP contribution in [0.2, 0.25) is 0 Å². The highest BCUT2D eigenvalue weighted by atomic mass is 79.9. The average molecular weight is 243 g/mol. The summed E-state index contributed by atoms with van der Waals surface area (Å²) in [5.41, 5.74) is 0. The summed E-state index contributed by atoms with van der Waals surface area (Å²) in [6.45, 7) is 1.83. The molecule has 0 spiro atoms. The second-order valence-electron chi connectivity index (χ2n) is 2.80. The molecule has 0 aliphatic carbocycles. The lowest BCUT2D eigenvalue weighted by atomic mass is 10.5. The van der Waals surface area contributed by atoms with Gasteiger partial charge in [0.25, 0.3) is 0 Å². The molecule has 0 unspecified atom stereocenters. The van der Waals surface area contributed by atoms with Gasteiger partial charge in [0.1, 0.15) is 5.82 Å². The number of aryl methyl sites for hydroxylation is 1. The smallest absolute Gasteiger partial charge is 0.171 e. The molecule has 4 nitrogen and oxygen atoms in total. The molecule has 0 saturated carbocycles. The van der Waals surface area contributed by atoms with Crippen molar-refractivity contribution in [3.8, 4) is 0 Å². The van der Waals surface area contributed by atoms with Gasteiger partial charge in [0, 0.05) is 20.3 Å². The van der Waals surface area contributed by atoms with Crippen LogP contribution < -0.4 is 0 Å². The first-order valence-corrected chi connectivity index (χ1v) is 4.58. The van der Waals surface area contributed by atoms with E-state index in [1.54, 1.807) is 12.5 Å². The molecule has 0 saturated heterocycles. The topological polar surface area (TPSA) is 41.4 Å². The van der Waals surface area contributed by atoms with Gasteiger partial charge >= 0.3 is 0 Å². The Bertz CT molecular complexity index is 322. The molecule has 5 heteroatoms. The third-order valence-corrected chi connectivity index (χ3v) is 1.82. The van der Waals surface area contributed by atoms with E-state index >= 15 is 0 Å². The largest absolute Gasteiger partial charge is 0.369 e. The maximum Gasteiger partial charge on any atom is 0.171 e. The molecule has 1 heterocycles. The molecule has 1 rings (SSSR count). The van der Waals surface area contributed by atoms with Crippen LogP contribution in [0.15, 0.2) is 15.7 Å². The van der Waals surface area contributed by atoms with Crippen LogP contribution in [0, 0.1) is 6.92 Å². The predicted molar refractivity (Wildman–Crippen MR) is 56.3 cm³/mol. The molecule has 0 aromatic carbocycles. The molecule has 70 valence electrons. The molecular formula is C8H11BrN4. The third kappa shape index (κ3) is 3.10. The predicted octanol–water partition coefficient (Wildman–Crippen LogP) is 1.77. The lowest BCUT2D eigenvalue weighted by Gasteiger charge is -2.02. The zero-order chi connectivity index (χ0) is 9.84. The number of aromatic nitrogens is 2. The highest BCUT2D eigenvalue weighted by Crippen LogP contribution is 2.20. The van der Waals surface area contributed by atoms with Crippen molar-refractivity contribution in [2.75, 3.05) is 14.1 Å². The third-order valence-electron chi connectivity index (χ3n) is 1.26. The quantitative estimate of drug-likeness (QED) is 0.587. The average Bonchev–Trinajstić information content (AvgIpc) is 2.06. The second-order valence-corrected chi connectivity index (χ2v) is 3.65. The molecule has 0 aliphatic rings. The molecule has 1 aromatic heterocycles. The van der Waals surface area contributed by atoms with Gasteiger partial charge in [-0.3, -0.25) is 0 Å². The number of nitrogens with zero attached hydrogens (tertiary/aromatic N) is 4. The van der Waals surface area contributed by atoms with E-state index in [0.717, 1.165) is 4.47 Å². The Labute approximate surface area is 85.9 Å². The van der Waals surface area contributed by atoms with Crippen molar-refractivity contribution in [1.29, 1.82) is 0 Å². The van der Waals surface area contributed by atoms with Crippen molar-refractivity contribution >= 4 is 28.1 Å². The highest BCUT2D eigenvalue weighted by Gasteiger charge is 1.99. The van der Waals surface area contributed by atoms with Gasteiger partial charge in [-0.05, 0) is 22.9 Å². The van der Waals surface area contributed by atoms with Crippen molar-refractivity contribution in [1.82, 2.24) is 14.9 Å². The summed E-state index contributed by atoms with van der Waals surface area (Å²) in [6.07, 6.45) is 3.40. The first-order valence-electron chi connectivity index (χ1n) is 3.79. The summed E-state index contributed by atoms with van der Waals surface area (Å²) < 4.78 is 0.802. The van der Waals surface area contributed by atoms with Crippen LogP contribution >= 0.6 is 15.9 Å². The van der Waals surface area contributed by atoms with E-state index in [2.05, 4.69) is 30.9 Å². The highest BCUT2D eigenvalue weighted by molar-refractivity contribution is 9.10. The molecule has 0 amide bonds. The number of aliphatic imine (C=N–C) groups is 1. The molecular weight excluding hydrogens is 232 g/mol. The van der Waals surface area contributed by atoms with Crippen LogP contribution in [-0.4, -0.2) is 35.3 Å². The van der Waals surface area contributed by atoms with Crippen LogP contribution in [-0.2, 0) is 0 Å². The zero-order valence-electron chi connectivity index (χ0n) is 7.82. The van der Waals surface area contributed by atoms with Crippen LogP contribution in [0.1, 0.15) is 5.82 Å². The number of hydrogen-bond donors (Lipinski definition) is 0. The summed E-state index contributed by atoms with van der Waals surface area (Å²) in [4.78, 5) is 14.2. The van der Waals surface area contributed by atoms with Gasteiger partial charge in [-0.2, -0.15) is 0 Å². The Morgan fingerprint density at radius 2 is 2.23 bits per heavy atom. The van der Waals surface area contributed by atoms with Gasteiger partial charge in [-0.15, -0.1) is 0 Å². The first-order chi connectivity index (χ1) is 6.09. The van der Waals surface area contributed by atoms with E-state index in [-0.39, 0.29) is 0 Å². The Kier molecular flexibility index (Phi) is 3.36. The van der Waals surface area contributed by atoms with Gasteiger partial charge in [0.15, 0.2) is 5.82 Å². The van der Waals surface area contributed by atoms with Crippen molar-refractivity contribution < 1.29 is 0 Å². The Morgan fingerprint density at radius 3 is 2.85 bits per heavy atom. The minimum Gasteiger partial charge on any atom is -0.369 e. The van der Waals surface area contributed by atoms with Gasteiger partial charge in [-0.25, -0.2) is 15.0 Å². The second kappa shape index (κ2) is 4.32. The van der Waals surface area contributed by atoms with Gasteiger partial charge in [0.05, 0.1) is 10.8 Å². The van der Waals surface area contributed by atoms with Crippen molar-refractivity contribution in [2.24, 2.45) is 4.99 Å².